The number of rotatable bonds is 4. The number of terminal acetylenes is 1. The number of hydrogen-bond acceptors (Lipinski definition) is 3. The molecule has 22 heavy (non-hydrogen) atoms. The second-order valence-corrected chi connectivity index (χ2v) is 4.42. The number of methoxy groups -OCH3 is 1. The Kier molecular flexibility index (Phi) is 5.10. The molecule has 0 amide bonds. The standard InChI is InChI=1S/C15H13F3O4/c1-4-9-5-10(12(19)7-13(9)22-3)6-11(14(20)21)8(2)15(16,17)18/h1,5-8,19H,2-3H3,(H,20,21)/b11-6+. The summed E-state index contributed by atoms with van der Waals surface area (Å²) in [5, 5.41) is 18.8. The Hall–Kier alpha value is -2.62. The Bertz CT molecular complexity index is 654. The summed E-state index contributed by atoms with van der Waals surface area (Å²) < 4.78 is 43.0. The number of benzene rings is 1. The lowest BCUT2D eigenvalue weighted by atomic mass is 9.97. The van der Waals surface area contributed by atoms with Crippen LogP contribution < -0.4 is 4.74 Å². The highest BCUT2D eigenvalue weighted by atomic mass is 19.4. The van der Waals surface area contributed by atoms with Crippen LogP contribution in [-0.4, -0.2) is 29.5 Å². The normalized spacial score (nSPS) is 13.4. The molecule has 4 nitrogen and oxygen atoms in total. The molecule has 0 heterocycles. The van der Waals surface area contributed by atoms with Crippen LogP contribution in [0.25, 0.3) is 6.08 Å². The first-order valence-electron chi connectivity index (χ1n) is 6.01. The first-order chi connectivity index (χ1) is 10.1. The van der Waals surface area contributed by atoms with Gasteiger partial charge in [0.1, 0.15) is 11.5 Å². The summed E-state index contributed by atoms with van der Waals surface area (Å²) in [6.45, 7) is 0.725. The Labute approximate surface area is 124 Å². The van der Waals surface area contributed by atoms with Gasteiger partial charge in [-0.25, -0.2) is 4.79 Å². The molecule has 1 aromatic rings. The second-order valence-electron chi connectivity index (χ2n) is 4.42. The lowest BCUT2D eigenvalue weighted by molar-refractivity contribution is -0.165. The number of hydrogen-bond donors (Lipinski definition) is 2. The molecule has 1 aromatic carbocycles. The molecule has 0 fully saturated rings. The van der Waals surface area contributed by atoms with Gasteiger partial charge in [-0.1, -0.05) is 5.92 Å². The van der Waals surface area contributed by atoms with Gasteiger partial charge in [0, 0.05) is 17.2 Å². The Morgan fingerprint density at radius 1 is 1.45 bits per heavy atom. The van der Waals surface area contributed by atoms with Crippen molar-refractivity contribution in [2.24, 2.45) is 5.92 Å². The minimum atomic E-state index is -4.72. The van der Waals surface area contributed by atoms with E-state index in [0.29, 0.717) is 0 Å². The second kappa shape index (κ2) is 6.43. The van der Waals surface area contributed by atoms with Crippen LogP contribution in [0.5, 0.6) is 11.5 Å². The van der Waals surface area contributed by atoms with Crippen LogP contribution in [0, 0.1) is 18.3 Å². The van der Waals surface area contributed by atoms with E-state index in [1.165, 1.54) is 13.2 Å². The van der Waals surface area contributed by atoms with Crippen molar-refractivity contribution in [3.63, 3.8) is 0 Å². The first-order valence-corrected chi connectivity index (χ1v) is 6.01. The number of carboxylic acids is 1. The smallest absolute Gasteiger partial charge is 0.395 e. The molecule has 0 bridgehead atoms. The minimum Gasteiger partial charge on any atom is -0.507 e. The Balaban J connectivity index is 3.46. The number of phenolic OH excluding ortho intramolecular Hbond substituents is 1. The topological polar surface area (TPSA) is 66.8 Å². The van der Waals surface area contributed by atoms with Crippen LogP contribution in [0.3, 0.4) is 0 Å². The molecular formula is C15H13F3O4. The highest BCUT2D eigenvalue weighted by molar-refractivity contribution is 5.93. The molecule has 1 unspecified atom stereocenters. The fourth-order valence-electron chi connectivity index (χ4n) is 1.70. The van der Waals surface area contributed by atoms with Gasteiger partial charge in [0.2, 0.25) is 0 Å². The van der Waals surface area contributed by atoms with Gasteiger partial charge in [0.05, 0.1) is 18.6 Å². The van der Waals surface area contributed by atoms with E-state index in [1.807, 2.05) is 0 Å². The van der Waals surface area contributed by atoms with Gasteiger partial charge in [0.15, 0.2) is 0 Å². The zero-order valence-electron chi connectivity index (χ0n) is 11.7. The zero-order valence-corrected chi connectivity index (χ0v) is 11.7. The summed E-state index contributed by atoms with van der Waals surface area (Å²) >= 11 is 0. The van der Waals surface area contributed by atoms with E-state index in [0.717, 1.165) is 19.1 Å². The van der Waals surface area contributed by atoms with E-state index in [4.69, 9.17) is 16.3 Å². The van der Waals surface area contributed by atoms with E-state index >= 15 is 0 Å². The predicted octanol–water partition coefficient (Wildman–Crippen LogP) is 3.05. The number of aliphatic carboxylic acids is 1. The molecule has 0 radical (unpaired) electrons. The molecule has 1 atom stereocenters. The lowest BCUT2D eigenvalue weighted by Crippen LogP contribution is -2.25. The third-order valence-corrected chi connectivity index (χ3v) is 3.02. The summed E-state index contributed by atoms with van der Waals surface area (Å²) in [5.41, 5.74) is -0.867. The number of carboxylic acid groups (broad SMARTS) is 1. The van der Waals surface area contributed by atoms with Crippen molar-refractivity contribution in [2.75, 3.05) is 7.11 Å². The molecule has 0 aromatic heterocycles. The van der Waals surface area contributed by atoms with E-state index in [-0.39, 0.29) is 16.9 Å². The molecule has 0 aliphatic rings. The van der Waals surface area contributed by atoms with E-state index in [2.05, 4.69) is 5.92 Å². The van der Waals surface area contributed by atoms with Crippen molar-refractivity contribution in [3.8, 4) is 23.8 Å². The monoisotopic (exact) mass is 314 g/mol. The number of carbonyl (C=O) groups is 1. The van der Waals surface area contributed by atoms with E-state index < -0.39 is 29.4 Å². The summed E-state index contributed by atoms with van der Waals surface area (Å²) in [6.07, 6.45) is 1.26. The van der Waals surface area contributed by atoms with Gasteiger partial charge in [-0.3, -0.25) is 0 Å². The van der Waals surface area contributed by atoms with E-state index in [1.54, 1.807) is 0 Å². The number of alkyl halides is 3. The molecule has 0 aliphatic heterocycles. The molecule has 0 spiro atoms. The predicted molar refractivity (Wildman–Crippen MR) is 73.4 cm³/mol. The number of halogens is 3. The van der Waals surface area contributed by atoms with Gasteiger partial charge in [-0.05, 0) is 19.1 Å². The molecule has 118 valence electrons. The number of ether oxygens (including phenoxy) is 1. The van der Waals surface area contributed by atoms with Crippen LogP contribution in [0.15, 0.2) is 17.7 Å². The fraction of sp³-hybridized carbons (Fsp3) is 0.267. The average molecular weight is 314 g/mol. The average Bonchev–Trinajstić information content (AvgIpc) is 2.43. The Morgan fingerprint density at radius 2 is 2.05 bits per heavy atom. The molecular weight excluding hydrogens is 301 g/mol. The van der Waals surface area contributed by atoms with E-state index in [9.17, 15) is 23.1 Å². The lowest BCUT2D eigenvalue weighted by Gasteiger charge is -2.16. The quantitative estimate of drug-likeness (QED) is 0.662. The van der Waals surface area contributed by atoms with Crippen molar-refractivity contribution in [1.82, 2.24) is 0 Å². The molecule has 0 saturated carbocycles. The number of aromatic hydroxyl groups is 1. The highest BCUT2D eigenvalue weighted by Gasteiger charge is 2.40. The van der Waals surface area contributed by atoms with Crippen LogP contribution in [-0.2, 0) is 4.79 Å². The van der Waals surface area contributed by atoms with Crippen LogP contribution in [0.1, 0.15) is 18.1 Å². The molecule has 0 aliphatic carbocycles. The third kappa shape index (κ3) is 3.73. The van der Waals surface area contributed by atoms with Crippen LogP contribution in [0.2, 0.25) is 0 Å². The summed E-state index contributed by atoms with van der Waals surface area (Å²) in [5.74, 6) is -1.99. The van der Waals surface area contributed by atoms with Gasteiger partial charge >= 0.3 is 12.1 Å². The summed E-state index contributed by atoms with van der Waals surface area (Å²) in [7, 11) is 1.31. The van der Waals surface area contributed by atoms with Crippen LogP contribution >= 0.6 is 0 Å². The SMILES string of the molecule is C#Cc1cc(/C=C(/C(=O)O)C(C)C(F)(F)F)c(O)cc1OC. The summed E-state index contributed by atoms with van der Waals surface area (Å²) in [4.78, 5) is 11.1. The van der Waals surface area contributed by atoms with Crippen molar-refractivity contribution in [1.29, 1.82) is 0 Å². The largest absolute Gasteiger partial charge is 0.507 e. The molecule has 7 heteroatoms. The minimum absolute atomic E-state index is 0.137. The van der Waals surface area contributed by atoms with Gasteiger partial charge in [0.25, 0.3) is 0 Å². The fourth-order valence-corrected chi connectivity index (χ4v) is 1.70. The molecule has 2 N–H and O–H groups in total. The van der Waals surface area contributed by atoms with Crippen LogP contribution in [0.4, 0.5) is 13.2 Å². The maximum absolute atomic E-state index is 12.7. The van der Waals surface area contributed by atoms with Crippen molar-refractivity contribution in [2.45, 2.75) is 13.1 Å². The third-order valence-electron chi connectivity index (χ3n) is 3.02. The summed E-state index contributed by atoms with van der Waals surface area (Å²) in [6, 6.07) is 2.29. The molecule has 1 rings (SSSR count). The zero-order chi connectivity index (χ0) is 17.1. The molecule has 0 saturated heterocycles. The highest BCUT2D eigenvalue weighted by Crippen LogP contribution is 2.35. The van der Waals surface area contributed by atoms with Crippen molar-refractivity contribution < 1.29 is 32.9 Å². The maximum atomic E-state index is 12.7. The van der Waals surface area contributed by atoms with Gasteiger partial charge < -0.3 is 14.9 Å². The first kappa shape index (κ1) is 17.4. The van der Waals surface area contributed by atoms with Crippen molar-refractivity contribution >= 4 is 12.0 Å². The van der Waals surface area contributed by atoms with Crippen molar-refractivity contribution in [3.05, 3.63) is 28.8 Å². The van der Waals surface area contributed by atoms with Gasteiger partial charge in [-0.15, -0.1) is 6.42 Å². The maximum Gasteiger partial charge on any atom is 0.395 e. The Morgan fingerprint density at radius 3 is 2.45 bits per heavy atom. The van der Waals surface area contributed by atoms with Gasteiger partial charge in [-0.2, -0.15) is 13.2 Å². The number of phenols is 1.